The molecule has 4 rings (SSSR count). The summed E-state index contributed by atoms with van der Waals surface area (Å²) in [5, 5.41) is 0.913. The number of para-hydroxylation sites is 4. The topological polar surface area (TPSA) is 49.7 Å². The number of carbonyl (C=O) groups excluding carboxylic acids is 1. The third-order valence-electron chi connectivity index (χ3n) is 4.86. The molecule has 0 aliphatic carbocycles. The molecule has 0 N–H and O–H groups in total. The molecule has 5 nitrogen and oxygen atoms in total. The highest BCUT2D eigenvalue weighted by molar-refractivity contribution is 6.08. The van der Waals surface area contributed by atoms with E-state index in [0.29, 0.717) is 36.0 Å². The molecule has 1 heterocycles. The van der Waals surface area contributed by atoms with Crippen molar-refractivity contribution in [3.8, 4) is 17.2 Å². The zero-order valence-electron chi connectivity index (χ0n) is 16.8. The first-order chi connectivity index (χ1) is 14.8. The highest BCUT2D eigenvalue weighted by Gasteiger charge is 2.15. The third kappa shape index (κ3) is 4.30. The van der Waals surface area contributed by atoms with E-state index in [0.717, 1.165) is 10.9 Å². The third-order valence-corrected chi connectivity index (χ3v) is 4.86. The van der Waals surface area contributed by atoms with Crippen LogP contribution in [0.5, 0.6) is 17.2 Å². The lowest BCUT2D eigenvalue weighted by molar-refractivity contribution is 0.0923. The number of rotatable bonds is 9. The number of aromatic nitrogens is 1. The van der Waals surface area contributed by atoms with Gasteiger partial charge in [-0.05, 0) is 30.3 Å². The number of hydrogen-bond donors (Lipinski definition) is 0. The van der Waals surface area contributed by atoms with Gasteiger partial charge in [0.25, 0.3) is 0 Å². The fourth-order valence-electron chi connectivity index (χ4n) is 3.39. The molecule has 0 spiro atoms. The second kappa shape index (κ2) is 9.18. The number of fused-ring (bicyclic) bond motifs is 1. The van der Waals surface area contributed by atoms with Crippen molar-refractivity contribution in [2.45, 2.75) is 6.54 Å². The molecule has 0 aliphatic heterocycles. The molecule has 0 unspecified atom stereocenters. The zero-order valence-corrected chi connectivity index (χ0v) is 16.8. The minimum Gasteiger partial charge on any atom is -0.493 e. The normalized spacial score (nSPS) is 10.7. The number of hydrogen-bond acceptors (Lipinski definition) is 4. The van der Waals surface area contributed by atoms with Crippen LogP contribution in [0, 0.1) is 0 Å². The molecule has 152 valence electrons. The molecule has 0 fully saturated rings. The SMILES string of the molecule is COc1ccccc1OCCn1cc(C(=O)COc2ccccc2)c2ccccc21. The van der Waals surface area contributed by atoms with Crippen molar-refractivity contribution < 1.29 is 19.0 Å². The Hall–Kier alpha value is -3.73. The maximum atomic E-state index is 12.8. The lowest BCUT2D eigenvalue weighted by Gasteiger charge is -2.11. The standard InChI is InChI=1S/C25H23NO4/c1-28-24-13-7-8-14-25(24)29-16-15-26-17-21(20-11-5-6-12-22(20)26)23(27)18-30-19-9-3-2-4-10-19/h2-14,17H,15-16,18H2,1H3. The smallest absolute Gasteiger partial charge is 0.202 e. The van der Waals surface area contributed by atoms with Crippen molar-refractivity contribution in [2.75, 3.05) is 20.3 Å². The van der Waals surface area contributed by atoms with E-state index in [1.807, 2.05) is 89.6 Å². The van der Waals surface area contributed by atoms with Crippen molar-refractivity contribution in [1.82, 2.24) is 4.57 Å². The van der Waals surface area contributed by atoms with Gasteiger partial charge in [0.2, 0.25) is 5.78 Å². The highest BCUT2D eigenvalue weighted by atomic mass is 16.5. The number of ether oxygens (including phenoxy) is 3. The van der Waals surface area contributed by atoms with E-state index in [1.165, 1.54) is 0 Å². The molecule has 0 saturated carbocycles. The number of ketones is 1. The van der Waals surface area contributed by atoms with E-state index in [1.54, 1.807) is 7.11 Å². The van der Waals surface area contributed by atoms with Gasteiger partial charge in [-0.3, -0.25) is 4.79 Å². The van der Waals surface area contributed by atoms with Gasteiger partial charge < -0.3 is 18.8 Å². The molecule has 4 aromatic rings. The van der Waals surface area contributed by atoms with Gasteiger partial charge in [0.15, 0.2) is 18.1 Å². The molecular weight excluding hydrogens is 378 g/mol. The molecule has 1 aromatic heterocycles. The summed E-state index contributed by atoms with van der Waals surface area (Å²) in [6.45, 7) is 1.05. The lowest BCUT2D eigenvalue weighted by Crippen LogP contribution is -2.11. The molecule has 0 atom stereocenters. The Balaban J connectivity index is 1.48. The molecule has 5 heteroatoms. The number of benzene rings is 3. The van der Waals surface area contributed by atoms with E-state index in [9.17, 15) is 4.79 Å². The number of carbonyl (C=O) groups is 1. The Kier molecular flexibility index (Phi) is 5.99. The quantitative estimate of drug-likeness (QED) is 0.371. The van der Waals surface area contributed by atoms with E-state index < -0.39 is 0 Å². The molecule has 0 saturated heterocycles. The average Bonchev–Trinajstić information content (AvgIpc) is 3.17. The van der Waals surface area contributed by atoms with Gasteiger partial charge >= 0.3 is 0 Å². The van der Waals surface area contributed by atoms with Crippen LogP contribution in [0.1, 0.15) is 10.4 Å². The van der Waals surface area contributed by atoms with Crippen LogP contribution in [0.15, 0.2) is 85.1 Å². The predicted molar refractivity (Wildman–Crippen MR) is 117 cm³/mol. The maximum absolute atomic E-state index is 12.8. The van der Waals surface area contributed by atoms with Gasteiger partial charge in [-0.25, -0.2) is 0 Å². The number of nitrogens with zero attached hydrogens (tertiary/aromatic N) is 1. The van der Waals surface area contributed by atoms with Crippen molar-refractivity contribution in [3.05, 3.63) is 90.6 Å². The van der Waals surface area contributed by atoms with Crippen molar-refractivity contribution in [1.29, 1.82) is 0 Å². The second-order valence-corrected chi connectivity index (χ2v) is 6.78. The minimum atomic E-state index is -0.0561. The summed E-state index contributed by atoms with van der Waals surface area (Å²) in [5.74, 6) is 2.02. The molecule has 0 aliphatic rings. The fourth-order valence-corrected chi connectivity index (χ4v) is 3.39. The van der Waals surface area contributed by atoms with Gasteiger partial charge in [-0.2, -0.15) is 0 Å². The number of Topliss-reactive ketones (excluding diaryl/α,β-unsaturated/α-hetero) is 1. The molecule has 0 bridgehead atoms. The highest BCUT2D eigenvalue weighted by Crippen LogP contribution is 2.26. The van der Waals surface area contributed by atoms with Gasteiger partial charge in [0, 0.05) is 22.7 Å². The predicted octanol–water partition coefficient (Wildman–Crippen LogP) is 4.99. The van der Waals surface area contributed by atoms with Crippen LogP contribution in [0.4, 0.5) is 0 Å². The summed E-state index contributed by atoms with van der Waals surface area (Å²) in [4.78, 5) is 12.8. The summed E-state index contributed by atoms with van der Waals surface area (Å²) >= 11 is 0. The molecule has 0 radical (unpaired) electrons. The van der Waals surface area contributed by atoms with Gasteiger partial charge in [0.1, 0.15) is 12.4 Å². The van der Waals surface area contributed by atoms with Crippen LogP contribution in [-0.2, 0) is 6.54 Å². The lowest BCUT2D eigenvalue weighted by atomic mass is 10.1. The van der Waals surface area contributed by atoms with E-state index >= 15 is 0 Å². The van der Waals surface area contributed by atoms with Crippen molar-refractivity contribution >= 4 is 16.7 Å². The Morgan fingerprint density at radius 1 is 0.833 bits per heavy atom. The summed E-state index contributed by atoms with van der Waals surface area (Å²) < 4.78 is 18.9. The van der Waals surface area contributed by atoms with Crippen LogP contribution in [0.2, 0.25) is 0 Å². The Morgan fingerprint density at radius 2 is 1.53 bits per heavy atom. The Labute approximate surface area is 175 Å². The van der Waals surface area contributed by atoms with Gasteiger partial charge in [-0.15, -0.1) is 0 Å². The summed E-state index contributed by atoms with van der Waals surface area (Å²) in [7, 11) is 1.62. The van der Waals surface area contributed by atoms with Crippen molar-refractivity contribution in [3.63, 3.8) is 0 Å². The largest absolute Gasteiger partial charge is 0.493 e. The first-order valence-electron chi connectivity index (χ1n) is 9.81. The Morgan fingerprint density at radius 3 is 2.33 bits per heavy atom. The van der Waals surface area contributed by atoms with Gasteiger partial charge in [0.05, 0.1) is 13.7 Å². The zero-order chi connectivity index (χ0) is 20.8. The van der Waals surface area contributed by atoms with Crippen LogP contribution >= 0.6 is 0 Å². The maximum Gasteiger partial charge on any atom is 0.202 e. The van der Waals surface area contributed by atoms with Crippen LogP contribution in [0.3, 0.4) is 0 Å². The van der Waals surface area contributed by atoms with Crippen LogP contribution in [-0.4, -0.2) is 30.7 Å². The minimum absolute atomic E-state index is 0.00423. The van der Waals surface area contributed by atoms with Crippen LogP contribution in [0.25, 0.3) is 10.9 Å². The first-order valence-corrected chi connectivity index (χ1v) is 9.81. The molecule has 30 heavy (non-hydrogen) atoms. The number of methoxy groups -OCH3 is 1. The average molecular weight is 401 g/mol. The van der Waals surface area contributed by atoms with E-state index in [2.05, 4.69) is 0 Å². The Bertz CT molecular complexity index is 1130. The molecule has 3 aromatic carbocycles. The summed E-state index contributed by atoms with van der Waals surface area (Å²) in [6.07, 6.45) is 1.88. The molecule has 0 amide bonds. The van der Waals surface area contributed by atoms with Gasteiger partial charge in [-0.1, -0.05) is 48.5 Å². The fraction of sp³-hybridized carbons (Fsp3) is 0.160. The summed E-state index contributed by atoms with van der Waals surface area (Å²) in [5.41, 5.74) is 1.64. The monoisotopic (exact) mass is 401 g/mol. The molecular formula is C25H23NO4. The second-order valence-electron chi connectivity index (χ2n) is 6.78. The van der Waals surface area contributed by atoms with Crippen LogP contribution < -0.4 is 14.2 Å². The summed E-state index contributed by atoms with van der Waals surface area (Å²) in [6, 6.07) is 24.8. The van der Waals surface area contributed by atoms with Crippen molar-refractivity contribution in [2.24, 2.45) is 0 Å². The van der Waals surface area contributed by atoms with E-state index in [4.69, 9.17) is 14.2 Å². The first kappa shape index (κ1) is 19.6. The van der Waals surface area contributed by atoms with E-state index in [-0.39, 0.29) is 12.4 Å².